The molecule has 3 nitrogen and oxygen atoms in total. The molecule has 0 aromatic heterocycles. The van der Waals surface area contributed by atoms with E-state index in [1.165, 1.54) is 11.1 Å². The maximum Gasteiger partial charge on any atom is 0.224 e. The molecule has 0 saturated heterocycles. The van der Waals surface area contributed by atoms with E-state index < -0.39 is 0 Å². The molecule has 2 rings (SSSR count). The third kappa shape index (κ3) is 4.43. The Hall–Kier alpha value is -2.29. The Bertz CT molecular complexity index is 576. The normalized spacial score (nSPS) is 10.2. The molecule has 0 heterocycles. The van der Waals surface area contributed by atoms with Crippen LogP contribution in [0.5, 0.6) is 0 Å². The number of nitrogens with one attached hydrogen (secondary N) is 1. The Balaban J connectivity index is 1.76. The van der Waals surface area contributed by atoms with Gasteiger partial charge < -0.3 is 11.1 Å². The number of nitrogen functional groups attached to an aromatic ring is 1. The van der Waals surface area contributed by atoms with Gasteiger partial charge in [0.25, 0.3) is 0 Å². The number of amides is 1. The van der Waals surface area contributed by atoms with E-state index in [4.69, 9.17) is 5.73 Å². The summed E-state index contributed by atoms with van der Waals surface area (Å²) in [6.07, 6.45) is 1.25. The summed E-state index contributed by atoms with van der Waals surface area (Å²) in [4.78, 5) is 11.8. The topological polar surface area (TPSA) is 55.1 Å². The number of carbonyl (C=O) groups excluding carboxylic acids is 1. The minimum Gasteiger partial charge on any atom is -0.399 e. The molecule has 0 fully saturated rings. The molecule has 20 heavy (non-hydrogen) atoms. The first-order chi connectivity index (χ1) is 9.63. The van der Waals surface area contributed by atoms with Crippen LogP contribution >= 0.6 is 0 Å². The molecule has 0 saturated carbocycles. The first-order valence-electron chi connectivity index (χ1n) is 6.80. The van der Waals surface area contributed by atoms with Gasteiger partial charge in [0.15, 0.2) is 0 Å². The van der Waals surface area contributed by atoms with Gasteiger partial charge in [-0.15, -0.1) is 0 Å². The van der Waals surface area contributed by atoms with Crippen molar-refractivity contribution in [1.82, 2.24) is 5.32 Å². The number of anilines is 1. The van der Waals surface area contributed by atoms with Gasteiger partial charge in [-0.3, -0.25) is 4.79 Å². The molecule has 104 valence electrons. The maximum atomic E-state index is 11.8. The maximum absolute atomic E-state index is 11.8. The van der Waals surface area contributed by atoms with Gasteiger partial charge in [-0.1, -0.05) is 42.0 Å². The van der Waals surface area contributed by atoms with Crippen molar-refractivity contribution < 1.29 is 4.79 Å². The summed E-state index contributed by atoms with van der Waals surface area (Å²) in [5.74, 6) is 0.0439. The fourth-order valence-electron chi connectivity index (χ4n) is 2.10. The van der Waals surface area contributed by atoms with E-state index in [2.05, 4.69) is 30.4 Å². The van der Waals surface area contributed by atoms with Gasteiger partial charge in [0.2, 0.25) is 5.91 Å². The van der Waals surface area contributed by atoms with Gasteiger partial charge >= 0.3 is 0 Å². The summed E-state index contributed by atoms with van der Waals surface area (Å²) in [5.41, 5.74) is 9.80. The fraction of sp³-hybridized carbons (Fsp3) is 0.235. The zero-order valence-corrected chi connectivity index (χ0v) is 11.7. The second kappa shape index (κ2) is 6.75. The molecule has 1 amide bonds. The first kappa shape index (κ1) is 14.1. The highest BCUT2D eigenvalue weighted by Gasteiger charge is 2.03. The monoisotopic (exact) mass is 268 g/mol. The fourth-order valence-corrected chi connectivity index (χ4v) is 2.10. The second-order valence-electron chi connectivity index (χ2n) is 5.01. The SMILES string of the molecule is Cc1cccc(CCNC(=O)Cc2ccc(N)cc2)c1. The average Bonchev–Trinajstić information content (AvgIpc) is 2.41. The number of aryl methyl sites for hydroxylation is 1. The van der Waals surface area contributed by atoms with Crippen molar-refractivity contribution >= 4 is 11.6 Å². The van der Waals surface area contributed by atoms with Crippen LogP contribution in [0.3, 0.4) is 0 Å². The molecule has 0 atom stereocenters. The Labute approximate surface area is 119 Å². The highest BCUT2D eigenvalue weighted by Crippen LogP contribution is 2.06. The van der Waals surface area contributed by atoms with Crippen molar-refractivity contribution in [2.45, 2.75) is 19.8 Å². The summed E-state index contributed by atoms with van der Waals surface area (Å²) in [7, 11) is 0. The third-order valence-electron chi connectivity index (χ3n) is 3.16. The first-order valence-corrected chi connectivity index (χ1v) is 6.80. The Morgan fingerprint density at radius 1 is 1.10 bits per heavy atom. The lowest BCUT2D eigenvalue weighted by Gasteiger charge is -2.06. The van der Waals surface area contributed by atoms with Gasteiger partial charge in [0.1, 0.15) is 0 Å². The standard InChI is InChI=1S/C17H20N2O/c1-13-3-2-4-14(11-13)9-10-19-17(20)12-15-5-7-16(18)8-6-15/h2-8,11H,9-10,12,18H2,1H3,(H,19,20). The summed E-state index contributed by atoms with van der Waals surface area (Å²) in [6, 6.07) is 15.7. The van der Waals surface area contributed by atoms with Crippen molar-refractivity contribution in [1.29, 1.82) is 0 Å². The van der Waals surface area contributed by atoms with Gasteiger partial charge in [0.05, 0.1) is 6.42 Å². The largest absolute Gasteiger partial charge is 0.399 e. The van der Waals surface area contributed by atoms with Crippen LogP contribution in [0.15, 0.2) is 48.5 Å². The third-order valence-corrected chi connectivity index (χ3v) is 3.16. The van der Waals surface area contributed by atoms with Gasteiger partial charge in [0, 0.05) is 12.2 Å². The van der Waals surface area contributed by atoms with Crippen molar-refractivity contribution in [3.05, 3.63) is 65.2 Å². The second-order valence-corrected chi connectivity index (χ2v) is 5.01. The number of hydrogen-bond acceptors (Lipinski definition) is 2. The van der Waals surface area contributed by atoms with Crippen LogP contribution < -0.4 is 11.1 Å². The smallest absolute Gasteiger partial charge is 0.224 e. The van der Waals surface area contributed by atoms with E-state index in [9.17, 15) is 4.79 Å². The lowest BCUT2D eigenvalue weighted by atomic mass is 10.1. The van der Waals surface area contributed by atoms with Gasteiger partial charge in [-0.05, 0) is 36.6 Å². The summed E-state index contributed by atoms with van der Waals surface area (Å²) in [6.45, 7) is 2.74. The lowest BCUT2D eigenvalue weighted by Crippen LogP contribution is -2.27. The summed E-state index contributed by atoms with van der Waals surface area (Å²) < 4.78 is 0. The Kier molecular flexibility index (Phi) is 4.77. The molecule has 0 aliphatic rings. The molecule has 0 spiro atoms. The molecule has 0 bridgehead atoms. The molecular weight excluding hydrogens is 248 g/mol. The number of benzene rings is 2. The predicted molar refractivity (Wildman–Crippen MR) is 82.5 cm³/mol. The van der Waals surface area contributed by atoms with Crippen molar-refractivity contribution in [2.24, 2.45) is 0 Å². The molecule has 0 unspecified atom stereocenters. The molecule has 2 aromatic carbocycles. The molecule has 3 N–H and O–H groups in total. The zero-order valence-electron chi connectivity index (χ0n) is 11.7. The zero-order chi connectivity index (χ0) is 14.4. The molecule has 2 aromatic rings. The van der Waals surface area contributed by atoms with Crippen LogP contribution in [0.25, 0.3) is 0 Å². The molecule has 0 aliphatic heterocycles. The molecule has 0 aliphatic carbocycles. The number of rotatable bonds is 5. The van der Waals surface area contributed by atoms with E-state index in [1.54, 1.807) is 0 Å². The van der Waals surface area contributed by atoms with Crippen molar-refractivity contribution in [3.63, 3.8) is 0 Å². The van der Waals surface area contributed by atoms with Crippen LogP contribution in [-0.4, -0.2) is 12.5 Å². The van der Waals surface area contributed by atoms with E-state index in [0.717, 1.165) is 12.0 Å². The summed E-state index contributed by atoms with van der Waals surface area (Å²) >= 11 is 0. The van der Waals surface area contributed by atoms with E-state index in [0.29, 0.717) is 18.7 Å². The van der Waals surface area contributed by atoms with Crippen LogP contribution in [0.1, 0.15) is 16.7 Å². The van der Waals surface area contributed by atoms with E-state index >= 15 is 0 Å². The van der Waals surface area contributed by atoms with Gasteiger partial charge in [-0.25, -0.2) is 0 Å². The van der Waals surface area contributed by atoms with Crippen LogP contribution in [0.2, 0.25) is 0 Å². The highest BCUT2D eigenvalue weighted by atomic mass is 16.1. The molecular formula is C17H20N2O. The molecule has 0 radical (unpaired) electrons. The van der Waals surface area contributed by atoms with Crippen LogP contribution in [-0.2, 0) is 17.6 Å². The van der Waals surface area contributed by atoms with Crippen LogP contribution in [0.4, 0.5) is 5.69 Å². The lowest BCUT2D eigenvalue weighted by molar-refractivity contribution is -0.120. The average molecular weight is 268 g/mol. The number of carbonyl (C=O) groups is 1. The Morgan fingerprint density at radius 2 is 1.85 bits per heavy atom. The van der Waals surface area contributed by atoms with Crippen molar-refractivity contribution in [2.75, 3.05) is 12.3 Å². The van der Waals surface area contributed by atoms with Gasteiger partial charge in [-0.2, -0.15) is 0 Å². The quantitative estimate of drug-likeness (QED) is 0.819. The van der Waals surface area contributed by atoms with Crippen LogP contribution in [0, 0.1) is 6.92 Å². The summed E-state index contributed by atoms with van der Waals surface area (Å²) in [5, 5.41) is 2.94. The Morgan fingerprint density at radius 3 is 2.55 bits per heavy atom. The predicted octanol–water partition coefficient (Wildman–Crippen LogP) is 2.48. The molecule has 3 heteroatoms. The van der Waals surface area contributed by atoms with E-state index in [1.807, 2.05) is 30.3 Å². The number of hydrogen-bond donors (Lipinski definition) is 2. The minimum absolute atomic E-state index is 0.0439. The minimum atomic E-state index is 0.0439. The van der Waals surface area contributed by atoms with Crippen molar-refractivity contribution in [3.8, 4) is 0 Å². The van der Waals surface area contributed by atoms with E-state index in [-0.39, 0.29) is 5.91 Å². The highest BCUT2D eigenvalue weighted by molar-refractivity contribution is 5.78. The number of nitrogens with two attached hydrogens (primary N) is 1.